The lowest BCUT2D eigenvalue weighted by Gasteiger charge is -2.11. The molecule has 6 heteroatoms. The zero-order valence-corrected chi connectivity index (χ0v) is 78.8. The van der Waals surface area contributed by atoms with Gasteiger partial charge in [0.1, 0.15) is 0 Å². The Kier molecular flexibility index (Phi) is 20.9. The molecule has 0 unspecified atom stereocenters. The zero-order valence-electron chi connectivity index (χ0n) is 78.8. The zero-order chi connectivity index (χ0) is 95.1. The summed E-state index contributed by atoms with van der Waals surface area (Å²) in [4.78, 5) is 0. The fraction of sp³-hybridized carbons (Fsp3) is 0. The molecule has 0 spiro atoms. The van der Waals surface area contributed by atoms with Crippen molar-refractivity contribution >= 4 is 131 Å². The molecule has 0 aliphatic rings. The first-order valence-corrected chi connectivity index (χ1v) is 49.5. The lowest BCUT2D eigenvalue weighted by atomic mass is 9.99. The SMILES string of the molecule is c1ccc(-c2ccc(-n3c4ccccc4c4cc(-c5ccc6c(c5)c5cc(-c7ccccc7)ccc5n6-c5ccccc5)ccc43)cc2)cc1.c1ccc(-c2ccc3c(c2)c2cc(-c4ccc5c(c4)c4ccccc4n5-c4ccccc4)ccc2n3-c2ccccc2)cc1.c1ccc(-c2cccc(-n3c4ccccc4c4cc(-c5ccc6c(c5)c5cc(-c7ccccc7)ccc5n6-c5ccccc5)ccc43)c2)cc1. The molecule has 0 saturated carbocycles. The first-order chi connectivity index (χ1) is 71.4. The molecule has 0 amide bonds. The van der Waals surface area contributed by atoms with Crippen molar-refractivity contribution in [2.75, 3.05) is 0 Å². The Hall–Kier alpha value is -19.1. The molecule has 674 valence electrons. The molecule has 0 atom stereocenters. The Labute approximate surface area is 833 Å². The first kappa shape index (κ1) is 84.2. The molecule has 144 heavy (non-hydrogen) atoms. The monoisotopic (exact) mass is 1830 g/mol. The number of benzene rings is 23. The number of aromatic nitrogens is 6. The van der Waals surface area contributed by atoms with Crippen LogP contribution in [0.15, 0.2) is 558 Å². The first-order valence-electron chi connectivity index (χ1n) is 49.5. The third-order valence-corrected chi connectivity index (χ3v) is 29.1. The van der Waals surface area contributed by atoms with Crippen molar-refractivity contribution in [3.63, 3.8) is 0 Å². The Morgan fingerprint density at radius 1 is 0.0764 bits per heavy atom. The number of para-hydroxylation sites is 7. The second-order valence-corrected chi connectivity index (χ2v) is 37.4. The van der Waals surface area contributed by atoms with Gasteiger partial charge in [-0.2, -0.15) is 0 Å². The number of hydrogen-bond acceptors (Lipinski definition) is 0. The largest absolute Gasteiger partial charge is 0.309 e. The minimum Gasteiger partial charge on any atom is -0.309 e. The van der Waals surface area contributed by atoms with E-state index >= 15 is 0 Å². The molecule has 0 aliphatic heterocycles. The maximum atomic E-state index is 2.41. The van der Waals surface area contributed by atoms with E-state index < -0.39 is 0 Å². The molecule has 6 aromatic heterocycles. The van der Waals surface area contributed by atoms with E-state index in [2.05, 4.69) is 586 Å². The molecule has 29 aromatic rings. The minimum absolute atomic E-state index is 1.16. The van der Waals surface area contributed by atoms with Gasteiger partial charge in [0, 0.05) is 98.8 Å². The lowest BCUT2D eigenvalue weighted by molar-refractivity contribution is 1.18. The molecule has 0 N–H and O–H groups in total. The molecule has 6 heterocycles. The highest BCUT2D eigenvalue weighted by Crippen LogP contribution is 2.47. The molecular formula is C138H92N6. The topological polar surface area (TPSA) is 29.6 Å². The van der Waals surface area contributed by atoms with Crippen LogP contribution in [-0.4, -0.2) is 27.4 Å². The van der Waals surface area contributed by atoms with Crippen molar-refractivity contribution in [3.8, 4) is 123 Å². The Morgan fingerprint density at radius 3 is 0.451 bits per heavy atom. The number of hydrogen-bond donors (Lipinski definition) is 0. The molecule has 29 rings (SSSR count). The summed E-state index contributed by atoms with van der Waals surface area (Å²) in [7, 11) is 0. The van der Waals surface area contributed by atoms with Gasteiger partial charge in [0.05, 0.1) is 66.2 Å². The highest BCUT2D eigenvalue weighted by atomic mass is 15.0. The van der Waals surface area contributed by atoms with Crippen molar-refractivity contribution in [2.24, 2.45) is 0 Å². The van der Waals surface area contributed by atoms with Crippen LogP contribution in [0.2, 0.25) is 0 Å². The number of rotatable bonds is 14. The van der Waals surface area contributed by atoms with Crippen LogP contribution in [-0.2, 0) is 0 Å². The van der Waals surface area contributed by atoms with Crippen LogP contribution in [0.5, 0.6) is 0 Å². The van der Waals surface area contributed by atoms with Crippen LogP contribution < -0.4 is 0 Å². The summed E-state index contributed by atoms with van der Waals surface area (Å²) >= 11 is 0. The third kappa shape index (κ3) is 14.8. The standard InChI is InChI=1S/2C48H32N2.C42H28N2/c1-4-13-33(14-5-1)35-17-12-20-40(29-35)50-45-22-11-10-21-41(45)42-31-37(24-27-46(42)50)38-25-28-48-44(32-38)43-30-36(34-15-6-2-7-16-34)23-26-47(43)49(48)39-18-8-3-9-19-39;1-4-12-33(13-5-1)35-20-25-40(26-21-35)50-45-19-11-10-18-41(45)42-31-37(23-28-46(42)50)38-24-29-48-44(32-38)43-30-36(34-14-6-2-7-15-34)22-27-47(43)49(48)39-16-8-3-9-17-39;1-4-12-29(13-5-1)30-20-23-41-37(26-30)38-28-32(22-25-42(38)44(41)34-16-8-3-9-17-34)31-21-24-40-36(27-31)35-18-10-11-19-39(35)43(40)33-14-6-2-7-15-33/h2*1-32H;1-28H. The number of fused-ring (bicyclic) bond motifs is 18. The second-order valence-electron chi connectivity index (χ2n) is 37.4. The van der Waals surface area contributed by atoms with E-state index in [4.69, 9.17) is 0 Å². The maximum absolute atomic E-state index is 2.41. The highest BCUT2D eigenvalue weighted by Gasteiger charge is 2.24. The van der Waals surface area contributed by atoms with E-state index in [0.29, 0.717) is 0 Å². The van der Waals surface area contributed by atoms with Crippen LogP contribution in [0, 0.1) is 0 Å². The summed E-state index contributed by atoms with van der Waals surface area (Å²) in [6.45, 7) is 0. The van der Waals surface area contributed by atoms with Gasteiger partial charge >= 0.3 is 0 Å². The smallest absolute Gasteiger partial charge is 0.0541 e. The van der Waals surface area contributed by atoms with E-state index in [9.17, 15) is 0 Å². The van der Waals surface area contributed by atoms with Gasteiger partial charge in [0.25, 0.3) is 0 Å². The molecule has 0 bridgehead atoms. The van der Waals surface area contributed by atoms with E-state index in [1.54, 1.807) is 0 Å². The van der Waals surface area contributed by atoms with Crippen molar-refractivity contribution < 1.29 is 0 Å². The molecule has 23 aromatic carbocycles. The maximum Gasteiger partial charge on any atom is 0.0541 e. The summed E-state index contributed by atoms with van der Waals surface area (Å²) in [5.74, 6) is 0. The average Bonchev–Trinajstić information content (AvgIpc) is 1.59. The summed E-state index contributed by atoms with van der Waals surface area (Å²) in [6, 6.07) is 202. The molecular weight excluding hydrogens is 1740 g/mol. The second kappa shape index (κ2) is 35.7. The van der Waals surface area contributed by atoms with Gasteiger partial charge in [-0.1, -0.05) is 358 Å². The molecule has 0 aliphatic carbocycles. The highest BCUT2D eigenvalue weighted by molar-refractivity contribution is 6.18. The quantitative estimate of drug-likeness (QED) is 0.104. The van der Waals surface area contributed by atoms with Gasteiger partial charge in [-0.05, 0) is 289 Å². The van der Waals surface area contributed by atoms with Crippen LogP contribution in [0.4, 0.5) is 0 Å². The summed E-state index contributed by atoms with van der Waals surface area (Å²) in [6.07, 6.45) is 0. The Balaban J connectivity index is 0.000000108. The summed E-state index contributed by atoms with van der Waals surface area (Å²) in [5, 5.41) is 15.1. The van der Waals surface area contributed by atoms with Crippen LogP contribution in [0.25, 0.3) is 254 Å². The summed E-state index contributed by atoms with van der Waals surface area (Å²) < 4.78 is 14.3. The van der Waals surface area contributed by atoms with E-state index in [1.807, 2.05) is 0 Å². The van der Waals surface area contributed by atoms with E-state index in [1.165, 1.54) is 243 Å². The Morgan fingerprint density at radius 2 is 0.215 bits per heavy atom. The van der Waals surface area contributed by atoms with Crippen molar-refractivity contribution in [3.05, 3.63) is 558 Å². The van der Waals surface area contributed by atoms with Gasteiger partial charge in [-0.25, -0.2) is 0 Å². The fourth-order valence-electron chi connectivity index (χ4n) is 22.4. The predicted molar refractivity (Wildman–Crippen MR) is 609 cm³/mol. The number of nitrogens with zero attached hydrogens (tertiary/aromatic N) is 6. The van der Waals surface area contributed by atoms with Crippen molar-refractivity contribution in [2.45, 2.75) is 0 Å². The predicted octanol–water partition coefficient (Wildman–Crippen LogP) is 37.0. The lowest BCUT2D eigenvalue weighted by Crippen LogP contribution is -1.94. The Bertz CT molecular complexity index is 9950. The van der Waals surface area contributed by atoms with Gasteiger partial charge in [0.15, 0.2) is 0 Å². The average molecular weight is 1830 g/mol. The van der Waals surface area contributed by atoms with Crippen LogP contribution >= 0.6 is 0 Å². The van der Waals surface area contributed by atoms with E-state index in [-0.39, 0.29) is 0 Å². The summed E-state index contributed by atoms with van der Waals surface area (Å²) in [5.41, 5.74) is 41.0. The molecule has 0 radical (unpaired) electrons. The fourth-order valence-corrected chi connectivity index (χ4v) is 22.4. The molecule has 0 fully saturated rings. The van der Waals surface area contributed by atoms with Crippen molar-refractivity contribution in [1.29, 1.82) is 0 Å². The van der Waals surface area contributed by atoms with Crippen molar-refractivity contribution in [1.82, 2.24) is 27.4 Å². The third-order valence-electron chi connectivity index (χ3n) is 29.1. The minimum atomic E-state index is 1.16. The molecule has 6 nitrogen and oxygen atoms in total. The van der Waals surface area contributed by atoms with Crippen LogP contribution in [0.1, 0.15) is 0 Å². The normalized spacial score (nSPS) is 11.6. The van der Waals surface area contributed by atoms with Crippen LogP contribution in [0.3, 0.4) is 0 Å². The van der Waals surface area contributed by atoms with Gasteiger partial charge in [0.2, 0.25) is 0 Å². The molecule has 0 saturated heterocycles. The van der Waals surface area contributed by atoms with Gasteiger partial charge in [-0.3, -0.25) is 0 Å². The van der Waals surface area contributed by atoms with E-state index in [0.717, 1.165) is 11.4 Å². The van der Waals surface area contributed by atoms with Gasteiger partial charge < -0.3 is 27.4 Å². The van der Waals surface area contributed by atoms with Gasteiger partial charge in [-0.15, -0.1) is 0 Å².